The first-order chi connectivity index (χ1) is 17.1. The van der Waals surface area contributed by atoms with E-state index in [1.807, 2.05) is 48.0 Å². The molecule has 1 amide bonds. The monoisotopic (exact) mass is 484 g/mol. The molecule has 35 heavy (non-hydrogen) atoms. The van der Waals surface area contributed by atoms with Crippen LogP contribution in [0.1, 0.15) is 26.5 Å². The lowest BCUT2D eigenvalue weighted by molar-refractivity contribution is 0.103. The van der Waals surface area contributed by atoms with Gasteiger partial charge in [0.2, 0.25) is 0 Å². The minimum Gasteiger partial charge on any atom is -0.493 e. The van der Waals surface area contributed by atoms with Gasteiger partial charge in [-0.1, -0.05) is 36.4 Å². The van der Waals surface area contributed by atoms with Crippen molar-refractivity contribution in [2.75, 3.05) is 12.4 Å². The Morgan fingerprint density at radius 2 is 1.86 bits per heavy atom. The predicted octanol–water partition coefficient (Wildman–Crippen LogP) is 5.69. The van der Waals surface area contributed by atoms with Crippen LogP contribution in [0.2, 0.25) is 0 Å². The summed E-state index contributed by atoms with van der Waals surface area (Å²) in [4.78, 5) is 18.8. The van der Waals surface area contributed by atoms with E-state index < -0.39 is 0 Å². The fraction of sp³-hybridized carbons (Fsp3) is 0.148. The summed E-state index contributed by atoms with van der Waals surface area (Å²) < 4.78 is 13.3. The van der Waals surface area contributed by atoms with E-state index in [2.05, 4.69) is 27.5 Å². The lowest BCUT2D eigenvalue weighted by Crippen LogP contribution is -2.10. The molecule has 0 aliphatic carbocycles. The number of pyridine rings is 1. The first-order valence-corrected chi connectivity index (χ1v) is 11.9. The molecule has 0 saturated carbocycles. The number of thiophene rings is 1. The van der Waals surface area contributed by atoms with Crippen LogP contribution in [0.3, 0.4) is 0 Å². The molecule has 0 unspecified atom stereocenters. The minimum absolute atomic E-state index is 0.180. The molecular formula is C27H24N4O3S. The average Bonchev–Trinajstić information content (AvgIpc) is 3.45. The van der Waals surface area contributed by atoms with Crippen LogP contribution >= 0.6 is 11.3 Å². The number of anilines is 1. The molecular weight excluding hydrogens is 460 g/mol. The Kier molecular flexibility index (Phi) is 6.45. The van der Waals surface area contributed by atoms with Crippen LogP contribution in [-0.4, -0.2) is 27.8 Å². The third-order valence-corrected chi connectivity index (χ3v) is 6.69. The number of rotatable bonds is 8. The van der Waals surface area contributed by atoms with Crippen molar-refractivity contribution in [3.8, 4) is 11.5 Å². The Hall–Kier alpha value is -4.17. The molecule has 0 bridgehead atoms. The Morgan fingerprint density at radius 1 is 1.03 bits per heavy atom. The predicted molar refractivity (Wildman–Crippen MR) is 137 cm³/mol. The average molecular weight is 485 g/mol. The van der Waals surface area contributed by atoms with Gasteiger partial charge >= 0.3 is 0 Å². The van der Waals surface area contributed by atoms with Crippen molar-refractivity contribution in [3.63, 3.8) is 0 Å². The van der Waals surface area contributed by atoms with Gasteiger partial charge in [-0.2, -0.15) is 5.10 Å². The summed E-state index contributed by atoms with van der Waals surface area (Å²) in [5.41, 5.74) is 3.63. The number of aromatic nitrogens is 3. The van der Waals surface area contributed by atoms with Gasteiger partial charge in [0.05, 0.1) is 24.2 Å². The van der Waals surface area contributed by atoms with Crippen molar-refractivity contribution < 1.29 is 14.3 Å². The van der Waals surface area contributed by atoms with E-state index in [4.69, 9.17) is 9.47 Å². The molecule has 3 heterocycles. The highest BCUT2D eigenvalue weighted by Gasteiger charge is 2.17. The topological polar surface area (TPSA) is 78.3 Å². The van der Waals surface area contributed by atoms with Gasteiger partial charge in [-0.25, -0.2) is 0 Å². The second-order valence-electron chi connectivity index (χ2n) is 8.03. The zero-order chi connectivity index (χ0) is 24.2. The highest BCUT2D eigenvalue weighted by Crippen LogP contribution is 2.33. The molecule has 1 N–H and O–H groups in total. The largest absolute Gasteiger partial charge is 0.493 e. The summed E-state index contributed by atoms with van der Waals surface area (Å²) in [6.45, 7) is 2.96. The lowest BCUT2D eigenvalue weighted by atomic mass is 10.2. The molecule has 5 aromatic rings. The van der Waals surface area contributed by atoms with Gasteiger partial charge in [0.15, 0.2) is 11.5 Å². The number of fused-ring (bicyclic) bond motifs is 1. The SMILES string of the molecule is COc1ccc(NC(=O)c2cc3c(C)nn(Cc4ccccc4)c3s2)cc1OCc1cccnc1. The number of methoxy groups -OCH3 is 1. The lowest BCUT2D eigenvalue weighted by Gasteiger charge is -2.13. The van der Waals surface area contributed by atoms with Crippen molar-refractivity contribution in [3.05, 3.63) is 101 Å². The molecule has 2 aromatic carbocycles. The molecule has 0 saturated heterocycles. The first-order valence-electron chi connectivity index (χ1n) is 11.1. The fourth-order valence-electron chi connectivity index (χ4n) is 3.79. The summed E-state index contributed by atoms with van der Waals surface area (Å²) in [5.74, 6) is 0.949. The number of ether oxygens (including phenoxy) is 2. The summed E-state index contributed by atoms with van der Waals surface area (Å²) in [6.07, 6.45) is 3.47. The van der Waals surface area contributed by atoms with E-state index in [0.29, 0.717) is 35.2 Å². The van der Waals surface area contributed by atoms with Gasteiger partial charge in [-0.3, -0.25) is 14.5 Å². The quantitative estimate of drug-likeness (QED) is 0.306. The number of benzene rings is 2. The zero-order valence-electron chi connectivity index (χ0n) is 19.4. The van der Waals surface area contributed by atoms with Gasteiger partial charge in [0.25, 0.3) is 5.91 Å². The van der Waals surface area contributed by atoms with Gasteiger partial charge in [0, 0.05) is 35.1 Å². The highest BCUT2D eigenvalue weighted by atomic mass is 32.1. The molecule has 0 atom stereocenters. The van der Waals surface area contributed by atoms with Gasteiger partial charge in [-0.15, -0.1) is 11.3 Å². The van der Waals surface area contributed by atoms with Crippen molar-refractivity contribution in [1.82, 2.24) is 14.8 Å². The molecule has 0 spiro atoms. The molecule has 8 heteroatoms. The van der Waals surface area contributed by atoms with E-state index in [1.54, 1.807) is 37.7 Å². The number of carbonyl (C=O) groups excluding carboxylic acids is 1. The van der Waals surface area contributed by atoms with Gasteiger partial charge in [-0.05, 0) is 36.8 Å². The number of nitrogens with one attached hydrogen (secondary N) is 1. The van der Waals surface area contributed by atoms with E-state index >= 15 is 0 Å². The van der Waals surface area contributed by atoms with E-state index in [9.17, 15) is 4.79 Å². The Balaban J connectivity index is 1.34. The van der Waals surface area contributed by atoms with E-state index in [-0.39, 0.29) is 5.91 Å². The van der Waals surface area contributed by atoms with Crippen LogP contribution < -0.4 is 14.8 Å². The number of aryl methyl sites for hydroxylation is 1. The van der Waals surface area contributed by atoms with Crippen molar-refractivity contribution in [2.24, 2.45) is 0 Å². The smallest absolute Gasteiger partial charge is 0.265 e. The number of nitrogens with zero attached hydrogens (tertiary/aromatic N) is 3. The molecule has 0 radical (unpaired) electrons. The maximum Gasteiger partial charge on any atom is 0.265 e. The Morgan fingerprint density at radius 3 is 2.63 bits per heavy atom. The molecule has 0 aliphatic heterocycles. The summed E-state index contributed by atoms with van der Waals surface area (Å²) in [6, 6.07) is 21.2. The van der Waals surface area contributed by atoms with Gasteiger partial charge in [0.1, 0.15) is 11.4 Å². The maximum absolute atomic E-state index is 13.1. The molecule has 3 aromatic heterocycles. The summed E-state index contributed by atoms with van der Waals surface area (Å²) in [5, 5.41) is 8.64. The number of hydrogen-bond donors (Lipinski definition) is 1. The third-order valence-electron chi connectivity index (χ3n) is 5.54. The fourth-order valence-corrected chi connectivity index (χ4v) is 4.85. The third kappa shape index (κ3) is 5.02. The molecule has 0 fully saturated rings. The number of hydrogen-bond acceptors (Lipinski definition) is 6. The van der Waals surface area contributed by atoms with Crippen LogP contribution in [-0.2, 0) is 13.2 Å². The van der Waals surface area contributed by atoms with E-state index in [0.717, 1.165) is 27.0 Å². The van der Waals surface area contributed by atoms with Crippen LogP contribution in [0.25, 0.3) is 10.2 Å². The van der Waals surface area contributed by atoms with Crippen molar-refractivity contribution in [1.29, 1.82) is 0 Å². The molecule has 7 nitrogen and oxygen atoms in total. The zero-order valence-corrected chi connectivity index (χ0v) is 20.2. The minimum atomic E-state index is -0.180. The highest BCUT2D eigenvalue weighted by molar-refractivity contribution is 7.20. The standard InChI is InChI=1S/C27H24N4O3S/c1-18-22-14-25(35-27(22)31(30-18)16-19-7-4-3-5-8-19)26(32)29-21-10-11-23(33-2)24(13-21)34-17-20-9-6-12-28-15-20/h3-15H,16-17H2,1-2H3,(H,29,32). The Bertz CT molecular complexity index is 1460. The molecule has 0 aliphatic rings. The number of amides is 1. The first kappa shape index (κ1) is 22.6. The van der Waals surface area contributed by atoms with Crippen LogP contribution in [0.4, 0.5) is 5.69 Å². The second-order valence-corrected chi connectivity index (χ2v) is 9.06. The van der Waals surface area contributed by atoms with Crippen LogP contribution in [0, 0.1) is 6.92 Å². The Labute approximate surface area is 207 Å². The summed E-state index contributed by atoms with van der Waals surface area (Å²) in [7, 11) is 1.59. The molecule has 176 valence electrons. The van der Waals surface area contributed by atoms with Gasteiger partial charge < -0.3 is 14.8 Å². The maximum atomic E-state index is 13.1. The van der Waals surface area contributed by atoms with Crippen LogP contribution in [0.5, 0.6) is 11.5 Å². The van der Waals surface area contributed by atoms with E-state index in [1.165, 1.54) is 11.3 Å². The van der Waals surface area contributed by atoms with Crippen molar-refractivity contribution in [2.45, 2.75) is 20.1 Å². The normalized spacial score (nSPS) is 10.9. The molecule has 5 rings (SSSR count). The number of carbonyl (C=O) groups is 1. The van der Waals surface area contributed by atoms with Crippen LogP contribution in [0.15, 0.2) is 79.1 Å². The van der Waals surface area contributed by atoms with Crippen molar-refractivity contribution >= 4 is 33.1 Å². The summed E-state index contributed by atoms with van der Waals surface area (Å²) >= 11 is 1.44. The second kappa shape index (κ2) is 9.99.